The molecule has 0 saturated heterocycles. The minimum absolute atomic E-state index is 0.0463. The van der Waals surface area contributed by atoms with Crippen molar-refractivity contribution in [3.63, 3.8) is 0 Å². The summed E-state index contributed by atoms with van der Waals surface area (Å²) < 4.78 is 0. The van der Waals surface area contributed by atoms with Gasteiger partial charge in [0.2, 0.25) is 5.91 Å². The molecule has 2 aliphatic rings. The van der Waals surface area contributed by atoms with Crippen molar-refractivity contribution in [2.75, 3.05) is 10.7 Å². The second kappa shape index (κ2) is 9.88. The average Bonchev–Trinajstić information content (AvgIpc) is 2.71. The summed E-state index contributed by atoms with van der Waals surface area (Å²) in [5.41, 5.74) is 2.39. The van der Waals surface area contributed by atoms with Crippen molar-refractivity contribution in [1.82, 2.24) is 5.32 Å². The zero-order chi connectivity index (χ0) is 20.9. The number of carbonyl (C=O) groups excluding carboxylic acids is 2. The number of hydrogen-bond donors (Lipinski definition) is 1. The zero-order valence-electron chi connectivity index (χ0n) is 17.0. The number of halogens is 1. The lowest BCUT2D eigenvalue weighted by molar-refractivity contribution is -0.116. The van der Waals surface area contributed by atoms with E-state index in [0.717, 1.165) is 29.0 Å². The first-order valence-corrected chi connectivity index (χ1v) is 12.1. The fraction of sp³-hybridized carbons (Fsp3) is 0.417. The van der Waals surface area contributed by atoms with Gasteiger partial charge in [0.1, 0.15) is 0 Å². The molecular formula is C24H27ClN2O2S. The van der Waals surface area contributed by atoms with Gasteiger partial charge in [-0.25, -0.2) is 0 Å². The van der Waals surface area contributed by atoms with Crippen LogP contribution in [-0.2, 0) is 11.3 Å². The molecule has 30 heavy (non-hydrogen) atoms. The van der Waals surface area contributed by atoms with Crippen LogP contribution in [0.1, 0.15) is 60.9 Å². The number of rotatable bonds is 4. The molecule has 1 fully saturated rings. The van der Waals surface area contributed by atoms with Gasteiger partial charge >= 0.3 is 0 Å². The fourth-order valence-corrected chi connectivity index (χ4v) is 5.33. The molecule has 0 spiro atoms. The number of fused-ring (bicyclic) bond motifs is 1. The predicted octanol–water partition coefficient (Wildman–Crippen LogP) is 5.82. The van der Waals surface area contributed by atoms with Crippen LogP contribution in [0.3, 0.4) is 0 Å². The van der Waals surface area contributed by atoms with Crippen molar-refractivity contribution in [1.29, 1.82) is 0 Å². The Balaban J connectivity index is 1.53. The molecule has 0 unspecified atom stereocenters. The lowest BCUT2D eigenvalue weighted by Crippen LogP contribution is -2.37. The molecule has 4 nitrogen and oxygen atoms in total. The Morgan fingerprint density at radius 1 is 1.07 bits per heavy atom. The molecule has 1 aliphatic carbocycles. The van der Waals surface area contributed by atoms with Crippen LogP contribution in [0, 0.1) is 0 Å². The number of thioether (sulfide) groups is 1. The average molecular weight is 443 g/mol. The summed E-state index contributed by atoms with van der Waals surface area (Å²) in [7, 11) is 0. The van der Waals surface area contributed by atoms with Crippen molar-refractivity contribution < 1.29 is 9.59 Å². The van der Waals surface area contributed by atoms with Crippen molar-refractivity contribution in [3.05, 3.63) is 58.6 Å². The third kappa shape index (κ3) is 5.19. The fourth-order valence-electron chi connectivity index (χ4n) is 4.20. The van der Waals surface area contributed by atoms with Gasteiger partial charge in [0.05, 0.1) is 18.0 Å². The molecule has 158 valence electrons. The minimum atomic E-state index is -0.0471. The zero-order valence-corrected chi connectivity index (χ0v) is 18.6. The largest absolute Gasteiger partial charge is 0.349 e. The standard InChI is InChI=1S/C24H27ClN2O2S/c25-19-8-6-7-17(13-19)15-27-21-14-18(11-12-22(21)30-16-23(27)28)24(29)26-20-9-4-2-1-3-5-10-20/h6-8,11-14,20H,1-5,9-10,15-16H2,(H,26,29). The molecule has 1 N–H and O–H groups in total. The van der Waals surface area contributed by atoms with Gasteiger partial charge in [0.15, 0.2) is 0 Å². The van der Waals surface area contributed by atoms with Crippen molar-refractivity contribution in [2.45, 2.75) is 62.4 Å². The highest BCUT2D eigenvalue weighted by atomic mass is 35.5. The second-order valence-corrected chi connectivity index (χ2v) is 9.55. The first kappa shape index (κ1) is 21.3. The predicted molar refractivity (Wildman–Crippen MR) is 123 cm³/mol. The molecule has 6 heteroatoms. The Hall–Kier alpha value is -1.98. The van der Waals surface area contributed by atoms with E-state index in [4.69, 9.17) is 11.6 Å². The molecule has 1 saturated carbocycles. The first-order valence-electron chi connectivity index (χ1n) is 10.7. The number of anilines is 1. The van der Waals surface area contributed by atoms with Crippen LogP contribution in [0.25, 0.3) is 0 Å². The van der Waals surface area contributed by atoms with Gasteiger partial charge in [-0.05, 0) is 48.7 Å². The van der Waals surface area contributed by atoms with Crippen molar-refractivity contribution in [3.8, 4) is 0 Å². The van der Waals surface area contributed by atoms with E-state index in [1.807, 2.05) is 42.5 Å². The summed E-state index contributed by atoms with van der Waals surface area (Å²) in [6.07, 6.45) is 8.25. The van der Waals surface area contributed by atoms with Gasteiger partial charge in [-0.15, -0.1) is 11.8 Å². The normalized spacial score (nSPS) is 17.8. The first-order chi connectivity index (χ1) is 14.6. The number of nitrogens with zero attached hydrogens (tertiary/aromatic N) is 1. The Morgan fingerprint density at radius 2 is 1.83 bits per heavy atom. The van der Waals surface area contributed by atoms with E-state index in [9.17, 15) is 9.59 Å². The maximum Gasteiger partial charge on any atom is 0.251 e. The van der Waals surface area contributed by atoms with Gasteiger partial charge in [-0.2, -0.15) is 0 Å². The summed E-state index contributed by atoms with van der Waals surface area (Å²) in [5.74, 6) is 0.403. The highest BCUT2D eigenvalue weighted by Gasteiger charge is 2.26. The van der Waals surface area contributed by atoms with E-state index in [2.05, 4.69) is 5.32 Å². The monoisotopic (exact) mass is 442 g/mol. The van der Waals surface area contributed by atoms with Crippen LogP contribution < -0.4 is 10.2 Å². The summed E-state index contributed by atoms with van der Waals surface area (Å²) in [4.78, 5) is 28.4. The Labute approximate surface area is 187 Å². The van der Waals surface area contributed by atoms with Gasteiger partial charge in [0, 0.05) is 21.5 Å². The van der Waals surface area contributed by atoms with Crippen LogP contribution in [0.15, 0.2) is 47.4 Å². The molecule has 0 atom stereocenters. The van der Waals surface area contributed by atoms with Crippen LogP contribution in [-0.4, -0.2) is 23.6 Å². The number of hydrogen-bond acceptors (Lipinski definition) is 3. The Kier molecular flexibility index (Phi) is 7.00. The third-order valence-electron chi connectivity index (χ3n) is 5.83. The number of carbonyl (C=O) groups is 2. The number of benzene rings is 2. The molecule has 2 amide bonds. The van der Waals surface area contributed by atoms with Crippen molar-refractivity contribution >= 4 is 40.9 Å². The molecule has 0 radical (unpaired) electrons. The topological polar surface area (TPSA) is 49.4 Å². The number of amides is 2. The van der Waals surface area contributed by atoms with Crippen LogP contribution >= 0.6 is 23.4 Å². The highest BCUT2D eigenvalue weighted by molar-refractivity contribution is 8.00. The maximum absolute atomic E-state index is 12.9. The summed E-state index contributed by atoms with van der Waals surface area (Å²) in [5, 5.41) is 3.88. The van der Waals surface area contributed by atoms with E-state index >= 15 is 0 Å². The van der Waals surface area contributed by atoms with Crippen LogP contribution in [0.5, 0.6) is 0 Å². The van der Waals surface area contributed by atoms with Gasteiger partial charge < -0.3 is 10.2 Å². The smallest absolute Gasteiger partial charge is 0.251 e. The van der Waals surface area contributed by atoms with Gasteiger partial charge in [-0.1, -0.05) is 55.8 Å². The molecule has 4 rings (SSSR count). The molecule has 1 heterocycles. The maximum atomic E-state index is 12.9. The lowest BCUT2D eigenvalue weighted by Gasteiger charge is -2.29. The molecule has 2 aromatic carbocycles. The quantitative estimate of drug-likeness (QED) is 0.648. The molecule has 0 aromatic heterocycles. The van der Waals surface area contributed by atoms with Crippen LogP contribution in [0.2, 0.25) is 5.02 Å². The van der Waals surface area contributed by atoms with E-state index in [-0.39, 0.29) is 17.9 Å². The second-order valence-electron chi connectivity index (χ2n) is 8.10. The van der Waals surface area contributed by atoms with Crippen LogP contribution in [0.4, 0.5) is 5.69 Å². The summed E-state index contributed by atoms with van der Waals surface area (Å²) in [6, 6.07) is 13.5. The Morgan fingerprint density at radius 3 is 2.60 bits per heavy atom. The third-order valence-corrected chi connectivity index (χ3v) is 7.12. The minimum Gasteiger partial charge on any atom is -0.349 e. The van der Waals surface area contributed by atoms with E-state index in [1.165, 1.54) is 43.9 Å². The van der Waals surface area contributed by atoms with Gasteiger partial charge in [-0.3, -0.25) is 9.59 Å². The molecule has 0 bridgehead atoms. The molecule has 2 aromatic rings. The number of nitrogens with one attached hydrogen (secondary N) is 1. The summed E-state index contributed by atoms with van der Waals surface area (Å²) >= 11 is 7.65. The molecule has 1 aliphatic heterocycles. The molecular weight excluding hydrogens is 416 g/mol. The highest BCUT2D eigenvalue weighted by Crippen LogP contribution is 2.37. The van der Waals surface area contributed by atoms with E-state index in [1.54, 1.807) is 4.90 Å². The van der Waals surface area contributed by atoms with Gasteiger partial charge in [0.25, 0.3) is 5.91 Å². The Bertz CT molecular complexity index is 925. The lowest BCUT2D eigenvalue weighted by atomic mass is 9.96. The SMILES string of the molecule is O=C(NC1CCCCCCC1)c1ccc2c(c1)N(Cc1cccc(Cl)c1)C(=O)CS2. The summed E-state index contributed by atoms with van der Waals surface area (Å²) in [6.45, 7) is 0.445. The van der Waals surface area contributed by atoms with E-state index in [0.29, 0.717) is 22.9 Å². The van der Waals surface area contributed by atoms with Crippen molar-refractivity contribution in [2.24, 2.45) is 0 Å². The van der Waals surface area contributed by atoms with E-state index < -0.39 is 0 Å².